The van der Waals surface area contributed by atoms with Gasteiger partial charge in [0.2, 0.25) is 0 Å². The molecule has 0 fully saturated rings. The largest absolute Gasteiger partial charge is 0.302 e. The van der Waals surface area contributed by atoms with Gasteiger partial charge < -0.3 is 4.57 Å². The van der Waals surface area contributed by atoms with Crippen molar-refractivity contribution >= 4 is 11.8 Å². The normalized spacial score (nSPS) is 11.8. The van der Waals surface area contributed by atoms with Crippen molar-refractivity contribution in [1.82, 2.24) is 14.8 Å². The molecule has 1 aromatic carbocycles. The second-order valence-corrected chi connectivity index (χ2v) is 6.36. The average Bonchev–Trinajstić information content (AvgIpc) is 2.80. The zero-order valence-electron chi connectivity index (χ0n) is 12.3. The first-order valence-electron chi connectivity index (χ1n) is 6.55. The lowest BCUT2D eigenvalue weighted by Crippen LogP contribution is -2.10. The molecule has 0 aliphatic heterocycles. The lowest BCUT2D eigenvalue weighted by Gasteiger charge is -2.19. The molecule has 0 spiro atoms. The number of hydrogen-bond acceptors (Lipinski definition) is 3. The zero-order chi connectivity index (χ0) is 14.0. The van der Waals surface area contributed by atoms with Crippen molar-refractivity contribution in [3.63, 3.8) is 0 Å². The molecule has 0 amide bonds. The van der Waals surface area contributed by atoms with Crippen LogP contribution in [0.1, 0.15) is 33.3 Å². The Balaban J connectivity index is 2.40. The highest BCUT2D eigenvalue weighted by Gasteiger charge is 2.15. The van der Waals surface area contributed by atoms with Crippen molar-refractivity contribution in [3.05, 3.63) is 29.8 Å². The number of hydrogen-bond donors (Lipinski definition) is 0. The third-order valence-corrected chi connectivity index (χ3v) is 3.89. The molecule has 3 nitrogen and oxygen atoms in total. The molecule has 0 N–H and O–H groups in total. The molecule has 2 aromatic rings. The molecule has 0 aliphatic carbocycles. The van der Waals surface area contributed by atoms with E-state index in [0.717, 1.165) is 23.1 Å². The molecule has 102 valence electrons. The summed E-state index contributed by atoms with van der Waals surface area (Å²) in [6.45, 7) is 9.68. The van der Waals surface area contributed by atoms with Gasteiger partial charge in [0.15, 0.2) is 11.0 Å². The van der Waals surface area contributed by atoms with Gasteiger partial charge in [-0.1, -0.05) is 56.8 Å². The molecule has 0 saturated carbocycles. The fraction of sp³-hybridized carbons (Fsp3) is 0.467. The first-order chi connectivity index (χ1) is 8.97. The first-order valence-corrected chi connectivity index (χ1v) is 7.78. The maximum atomic E-state index is 4.31. The Morgan fingerprint density at radius 2 is 1.74 bits per heavy atom. The molecule has 0 bridgehead atoms. The molecule has 1 heterocycles. The third kappa shape index (κ3) is 2.84. The maximum absolute atomic E-state index is 4.31. The highest BCUT2D eigenvalue weighted by molar-refractivity contribution is 7.98. The minimum atomic E-state index is 0.182. The molecule has 0 aliphatic rings. The van der Waals surface area contributed by atoms with Gasteiger partial charge in [-0.2, -0.15) is 0 Å². The van der Waals surface area contributed by atoms with Gasteiger partial charge in [-0.3, -0.25) is 0 Å². The topological polar surface area (TPSA) is 30.7 Å². The van der Waals surface area contributed by atoms with E-state index >= 15 is 0 Å². The summed E-state index contributed by atoms with van der Waals surface area (Å²) in [7, 11) is 0. The van der Waals surface area contributed by atoms with Gasteiger partial charge in [-0.15, -0.1) is 10.2 Å². The number of benzene rings is 1. The van der Waals surface area contributed by atoms with E-state index in [-0.39, 0.29) is 5.41 Å². The quantitative estimate of drug-likeness (QED) is 0.794. The Hall–Kier alpha value is -1.29. The summed E-state index contributed by atoms with van der Waals surface area (Å²) in [4.78, 5) is 0. The predicted molar refractivity (Wildman–Crippen MR) is 81.6 cm³/mol. The molecule has 4 heteroatoms. The van der Waals surface area contributed by atoms with E-state index in [2.05, 4.69) is 66.7 Å². The lowest BCUT2D eigenvalue weighted by molar-refractivity contribution is 0.590. The van der Waals surface area contributed by atoms with Crippen molar-refractivity contribution < 1.29 is 0 Å². The van der Waals surface area contributed by atoms with E-state index in [1.54, 1.807) is 11.8 Å². The second kappa shape index (κ2) is 5.37. The van der Waals surface area contributed by atoms with Gasteiger partial charge >= 0.3 is 0 Å². The molecule has 1 aromatic heterocycles. The molecular weight excluding hydrogens is 254 g/mol. The van der Waals surface area contributed by atoms with Gasteiger partial charge in [0.05, 0.1) is 0 Å². The monoisotopic (exact) mass is 275 g/mol. The summed E-state index contributed by atoms with van der Waals surface area (Å²) >= 11 is 1.63. The Kier molecular flexibility index (Phi) is 3.99. The van der Waals surface area contributed by atoms with Crippen molar-refractivity contribution in [2.24, 2.45) is 0 Å². The Bertz CT molecular complexity index is 550. The van der Waals surface area contributed by atoms with E-state index in [1.165, 1.54) is 5.56 Å². The predicted octanol–water partition coefficient (Wildman–Crippen LogP) is 3.98. The van der Waals surface area contributed by atoms with Gasteiger partial charge in [-0.05, 0) is 24.2 Å². The van der Waals surface area contributed by atoms with Crippen LogP contribution in [0.15, 0.2) is 29.4 Å². The standard InChI is InChI=1S/C15H21N3S/c1-6-18-13(16-17-14(18)19-5)11-7-9-12(10-8-11)15(2,3)4/h7-10H,6H2,1-5H3. The fourth-order valence-electron chi connectivity index (χ4n) is 2.06. The highest BCUT2D eigenvalue weighted by atomic mass is 32.2. The first kappa shape index (κ1) is 14.1. The molecule has 0 atom stereocenters. The minimum absolute atomic E-state index is 0.182. The molecule has 2 rings (SSSR count). The molecule has 19 heavy (non-hydrogen) atoms. The summed E-state index contributed by atoms with van der Waals surface area (Å²) in [6.07, 6.45) is 2.03. The SMILES string of the molecule is CCn1c(SC)nnc1-c1ccc(C(C)(C)C)cc1. The van der Waals surface area contributed by atoms with E-state index in [1.807, 2.05) is 6.26 Å². The number of nitrogens with zero attached hydrogens (tertiary/aromatic N) is 3. The van der Waals surface area contributed by atoms with E-state index in [4.69, 9.17) is 0 Å². The summed E-state index contributed by atoms with van der Waals surface area (Å²) < 4.78 is 2.15. The molecule has 0 unspecified atom stereocenters. The van der Waals surface area contributed by atoms with E-state index in [9.17, 15) is 0 Å². The fourth-order valence-corrected chi connectivity index (χ4v) is 2.62. The van der Waals surface area contributed by atoms with Crippen molar-refractivity contribution in [2.75, 3.05) is 6.26 Å². The van der Waals surface area contributed by atoms with Crippen LogP contribution in [-0.2, 0) is 12.0 Å². The van der Waals surface area contributed by atoms with Crippen LogP contribution >= 0.6 is 11.8 Å². The summed E-state index contributed by atoms with van der Waals surface area (Å²) in [5.41, 5.74) is 2.65. The van der Waals surface area contributed by atoms with Crippen LogP contribution in [0.4, 0.5) is 0 Å². The molecule has 0 radical (unpaired) electrons. The number of aromatic nitrogens is 3. The van der Waals surface area contributed by atoms with Crippen LogP contribution in [0.25, 0.3) is 11.4 Å². The van der Waals surface area contributed by atoms with Crippen molar-refractivity contribution in [2.45, 2.75) is 44.8 Å². The Morgan fingerprint density at radius 3 is 2.21 bits per heavy atom. The second-order valence-electron chi connectivity index (χ2n) is 5.58. The van der Waals surface area contributed by atoms with Gasteiger partial charge in [0, 0.05) is 12.1 Å². The van der Waals surface area contributed by atoms with Gasteiger partial charge in [0.25, 0.3) is 0 Å². The van der Waals surface area contributed by atoms with Crippen LogP contribution < -0.4 is 0 Å². The van der Waals surface area contributed by atoms with Crippen LogP contribution in [0.2, 0.25) is 0 Å². The van der Waals surface area contributed by atoms with E-state index < -0.39 is 0 Å². The molecular formula is C15H21N3S. The number of rotatable bonds is 3. The highest BCUT2D eigenvalue weighted by Crippen LogP contribution is 2.26. The van der Waals surface area contributed by atoms with Crippen molar-refractivity contribution in [1.29, 1.82) is 0 Å². The molecule has 0 saturated heterocycles. The Morgan fingerprint density at radius 1 is 1.11 bits per heavy atom. The summed E-state index contributed by atoms with van der Waals surface area (Å²) in [5, 5.41) is 9.51. The minimum Gasteiger partial charge on any atom is -0.302 e. The van der Waals surface area contributed by atoms with Gasteiger partial charge in [-0.25, -0.2) is 0 Å². The average molecular weight is 275 g/mol. The lowest BCUT2D eigenvalue weighted by atomic mass is 9.87. The summed E-state index contributed by atoms with van der Waals surface area (Å²) in [5.74, 6) is 0.951. The van der Waals surface area contributed by atoms with Crippen molar-refractivity contribution in [3.8, 4) is 11.4 Å². The van der Waals surface area contributed by atoms with Crippen LogP contribution in [0, 0.1) is 0 Å². The van der Waals surface area contributed by atoms with E-state index in [0.29, 0.717) is 0 Å². The maximum Gasteiger partial charge on any atom is 0.191 e. The van der Waals surface area contributed by atoms with Crippen LogP contribution in [0.3, 0.4) is 0 Å². The van der Waals surface area contributed by atoms with Crippen LogP contribution in [-0.4, -0.2) is 21.0 Å². The van der Waals surface area contributed by atoms with Gasteiger partial charge in [0.1, 0.15) is 0 Å². The zero-order valence-corrected chi connectivity index (χ0v) is 13.1. The van der Waals surface area contributed by atoms with Crippen LogP contribution in [0.5, 0.6) is 0 Å². The third-order valence-electron chi connectivity index (χ3n) is 3.22. The number of thioether (sulfide) groups is 1. The Labute approximate surface area is 119 Å². The smallest absolute Gasteiger partial charge is 0.191 e. The summed E-state index contributed by atoms with van der Waals surface area (Å²) in [6, 6.07) is 8.65.